The number of hydrogen-bond acceptors (Lipinski definition) is 3. The third kappa shape index (κ3) is 7.50. The monoisotopic (exact) mass is 322 g/mol. The summed E-state index contributed by atoms with van der Waals surface area (Å²) in [6.07, 6.45) is 0.969. The van der Waals surface area contributed by atoms with E-state index >= 15 is 0 Å². The topological polar surface area (TPSA) is 58.2 Å². The Labute approximate surface area is 137 Å². The Balaban J connectivity index is 2.27. The quantitative estimate of drug-likeness (QED) is 0.772. The van der Waals surface area contributed by atoms with Crippen molar-refractivity contribution >= 4 is 29.3 Å². The summed E-state index contributed by atoms with van der Waals surface area (Å²) in [4.78, 5) is 23.7. The molecule has 0 saturated carbocycles. The molecule has 0 aromatic heterocycles. The van der Waals surface area contributed by atoms with Crippen LogP contribution in [0.15, 0.2) is 24.3 Å². The SMILES string of the molecule is Cc1ccc(NC(=O)CSC(C)C(=O)NCCC(C)C)cc1. The maximum absolute atomic E-state index is 11.9. The molecule has 5 heteroatoms. The lowest BCUT2D eigenvalue weighted by Gasteiger charge is -2.13. The summed E-state index contributed by atoms with van der Waals surface area (Å²) in [6, 6.07) is 7.65. The van der Waals surface area contributed by atoms with Crippen molar-refractivity contribution in [1.29, 1.82) is 0 Å². The zero-order chi connectivity index (χ0) is 16.5. The lowest BCUT2D eigenvalue weighted by Crippen LogP contribution is -2.33. The van der Waals surface area contributed by atoms with Crippen LogP contribution in [0.3, 0.4) is 0 Å². The number of carbonyl (C=O) groups excluding carboxylic acids is 2. The summed E-state index contributed by atoms with van der Waals surface area (Å²) in [6.45, 7) is 8.77. The molecule has 0 saturated heterocycles. The highest BCUT2D eigenvalue weighted by Gasteiger charge is 2.14. The van der Waals surface area contributed by atoms with Gasteiger partial charge < -0.3 is 10.6 Å². The maximum Gasteiger partial charge on any atom is 0.234 e. The van der Waals surface area contributed by atoms with E-state index in [4.69, 9.17) is 0 Å². The van der Waals surface area contributed by atoms with E-state index in [9.17, 15) is 9.59 Å². The highest BCUT2D eigenvalue weighted by molar-refractivity contribution is 8.01. The highest BCUT2D eigenvalue weighted by Crippen LogP contribution is 2.13. The van der Waals surface area contributed by atoms with Gasteiger partial charge >= 0.3 is 0 Å². The molecule has 22 heavy (non-hydrogen) atoms. The van der Waals surface area contributed by atoms with E-state index < -0.39 is 0 Å². The molecule has 0 fully saturated rings. The molecule has 1 aromatic carbocycles. The summed E-state index contributed by atoms with van der Waals surface area (Å²) in [5.41, 5.74) is 1.93. The Morgan fingerprint density at radius 1 is 1.14 bits per heavy atom. The molecule has 1 rings (SSSR count). The smallest absolute Gasteiger partial charge is 0.234 e. The summed E-state index contributed by atoms with van der Waals surface area (Å²) in [5, 5.41) is 5.51. The first-order valence-corrected chi connectivity index (χ1v) is 8.69. The number of amides is 2. The maximum atomic E-state index is 11.9. The van der Waals surface area contributed by atoms with E-state index in [1.807, 2.05) is 38.1 Å². The molecule has 1 aromatic rings. The number of benzene rings is 1. The Morgan fingerprint density at radius 3 is 2.36 bits per heavy atom. The molecular formula is C17H26N2O2S. The van der Waals surface area contributed by atoms with Crippen LogP contribution in [0.4, 0.5) is 5.69 Å². The fraction of sp³-hybridized carbons (Fsp3) is 0.529. The van der Waals surface area contributed by atoms with Crippen molar-refractivity contribution in [2.45, 2.75) is 39.4 Å². The van der Waals surface area contributed by atoms with E-state index in [-0.39, 0.29) is 22.8 Å². The molecule has 0 radical (unpaired) electrons. The Hall–Kier alpha value is -1.49. The van der Waals surface area contributed by atoms with Gasteiger partial charge in [-0.15, -0.1) is 11.8 Å². The number of nitrogens with one attached hydrogen (secondary N) is 2. The van der Waals surface area contributed by atoms with Crippen LogP contribution >= 0.6 is 11.8 Å². The van der Waals surface area contributed by atoms with Gasteiger partial charge in [0.1, 0.15) is 0 Å². The van der Waals surface area contributed by atoms with Crippen LogP contribution in [-0.2, 0) is 9.59 Å². The third-order valence-corrected chi connectivity index (χ3v) is 4.33. The molecule has 1 unspecified atom stereocenters. The number of rotatable bonds is 8. The minimum absolute atomic E-state index is 0.00575. The van der Waals surface area contributed by atoms with Crippen molar-refractivity contribution in [3.63, 3.8) is 0 Å². The standard InChI is InChI=1S/C17H26N2O2S/c1-12(2)9-10-18-17(21)14(4)22-11-16(20)19-15-7-5-13(3)6-8-15/h5-8,12,14H,9-11H2,1-4H3,(H,18,21)(H,19,20). The number of thioether (sulfide) groups is 1. The van der Waals surface area contributed by atoms with Gasteiger partial charge in [-0.3, -0.25) is 9.59 Å². The van der Waals surface area contributed by atoms with Crippen molar-refractivity contribution < 1.29 is 9.59 Å². The van der Waals surface area contributed by atoms with Crippen LogP contribution in [0.1, 0.15) is 32.8 Å². The molecule has 0 aliphatic carbocycles. The Morgan fingerprint density at radius 2 is 1.77 bits per heavy atom. The minimum atomic E-state index is -0.226. The fourth-order valence-corrected chi connectivity index (χ4v) is 2.45. The number of aryl methyl sites for hydroxylation is 1. The highest BCUT2D eigenvalue weighted by atomic mass is 32.2. The zero-order valence-corrected chi connectivity index (χ0v) is 14.6. The molecule has 0 aliphatic heterocycles. The molecule has 0 spiro atoms. The van der Waals surface area contributed by atoms with Crippen molar-refractivity contribution in [2.75, 3.05) is 17.6 Å². The van der Waals surface area contributed by atoms with Gasteiger partial charge in [-0.2, -0.15) is 0 Å². The van der Waals surface area contributed by atoms with Gasteiger partial charge in [0.25, 0.3) is 0 Å². The van der Waals surface area contributed by atoms with Crippen LogP contribution in [-0.4, -0.2) is 29.4 Å². The van der Waals surface area contributed by atoms with E-state index in [1.165, 1.54) is 11.8 Å². The first kappa shape index (κ1) is 18.6. The Kier molecular flexibility index (Phi) is 8.02. The molecule has 2 amide bonds. The lowest BCUT2D eigenvalue weighted by molar-refractivity contribution is -0.120. The minimum Gasteiger partial charge on any atom is -0.355 e. The largest absolute Gasteiger partial charge is 0.355 e. The first-order valence-electron chi connectivity index (χ1n) is 7.64. The third-order valence-electron chi connectivity index (χ3n) is 3.19. The number of anilines is 1. The van der Waals surface area contributed by atoms with Gasteiger partial charge in [0, 0.05) is 12.2 Å². The van der Waals surface area contributed by atoms with E-state index in [2.05, 4.69) is 24.5 Å². The van der Waals surface area contributed by atoms with E-state index in [0.29, 0.717) is 12.5 Å². The van der Waals surface area contributed by atoms with Crippen molar-refractivity contribution in [2.24, 2.45) is 5.92 Å². The summed E-state index contributed by atoms with van der Waals surface area (Å²) < 4.78 is 0. The molecule has 2 N–H and O–H groups in total. The predicted octanol–water partition coefficient (Wildman–Crippen LogP) is 3.22. The summed E-state index contributed by atoms with van der Waals surface area (Å²) in [7, 11) is 0. The molecular weight excluding hydrogens is 296 g/mol. The average molecular weight is 322 g/mol. The fourth-order valence-electron chi connectivity index (χ4n) is 1.74. The van der Waals surface area contributed by atoms with Gasteiger partial charge in [-0.1, -0.05) is 31.5 Å². The predicted molar refractivity (Wildman–Crippen MR) is 94.2 cm³/mol. The zero-order valence-electron chi connectivity index (χ0n) is 13.8. The Bertz CT molecular complexity index is 486. The van der Waals surface area contributed by atoms with Crippen LogP contribution in [0.2, 0.25) is 0 Å². The van der Waals surface area contributed by atoms with Crippen LogP contribution in [0.5, 0.6) is 0 Å². The van der Waals surface area contributed by atoms with Gasteiger partial charge in [-0.25, -0.2) is 0 Å². The van der Waals surface area contributed by atoms with Crippen molar-refractivity contribution in [3.05, 3.63) is 29.8 Å². The van der Waals surface area contributed by atoms with Gasteiger partial charge in [0.15, 0.2) is 0 Å². The first-order chi connectivity index (χ1) is 10.4. The second-order valence-corrected chi connectivity index (χ2v) is 7.17. The van der Waals surface area contributed by atoms with Gasteiger partial charge in [0.05, 0.1) is 11.0 Å². The molecule has 0 heterocycles. The van der Waals surface area contributed by atoms with Gasteiger partial charge in [-0.05, 0) is 38.3 Å². The molecule has 1 atom stereocenters. The van der Waals surface area contributed by atoms with E-state index in [1.54, 1.807) is 0 Å². The van der Waals surface area contributed by atoms with Crippen molar-refractivity contribution in [1.82, 2.24) is 5.32 Å². The molecule has 0 bridgehead atoms. The molecule has 0 aliphatic rings. The summed E-state index contributed by atoms with van der Waals surface area (Å²) >= 11 is 1.35. The summed E-state index contributed by atoms with van der Waals surface area (Å²) in [5.74, 6) is 0.750. The van der Waals surface area contributed by atoms with Crippen LogP contribution < -0.4 is 10.6 Å². The number of carbonyl (C=O) groups is 2. The molecule has 4 nitrogen and oxygen atoms in total. The second kappa shape index (κ2) is 9.51. The van der Waals surface area contributed by atoms with Crippen LogP contribution in [0.25, 0.3) is 0 Å². The van der Waals surface area contributed by atoms with Crippen LogP contribution in [0, 0.1) is 12.8 Å². The average Bonchev–Trinajstić information content (AvgIpc) is 2.46. The number of hydrogen-bond donors (Lipinski definition) is 2. The van der Waals surface area contributed by atoms with Crippen molar-refractivity contribution in [3.8, 4) is 0 Å². The normalized spacial score (nSPS) is 12.0. The second-order valence-electron chi connectivity index (χ2n) is 5.84. The van der Waals surface area contributed by atoms with Gasteiger partial charge in [0.2, 0.25) is 11.8 Å². The molecule has 122 valence electrons. The van der Waals surface area contributed by atoms with E-state index in [0.717, 1.165) is 17.7 Å². The lowest BCUT2D eigenvalue weighted by atomic mass is 10.1.